The second-order valence-corrected chi connectivity index (χ2v) is 10.8. The number of imide groups is 1. The van der Waals surface area contributed by atoms with Crippen LogP contribution in [0.15, 0.2) is 24.3 Å². The van der Waals surface area contributed by atoms with Crippen LogP contribution in [0.2, 0.25) is 0 Å². The molecule has 0 aliphatic carbocycles. The van der Waals surface area contributed by atoms with E-state index in [1.165, 1.54) is 49.9 Å². The van der Waals surface area contributed by atoms with Crippen molar-refractivity contribution in [3.63, 3.8) is 0 Å². The molecule has 7 heteroatoms. The minimum atomic E-state index is -0.613. The Kier molecular flexibility index (Phi) is 12.2. The zero-order chi connectivity index (χ0) is 26.5. The number of unbranched alkanes of at least 4 members (excludes halogenated alkanes) is 5. The van der Waals surface area contributed by atoms with Crippen LogP contribution in [0.1, 0.15) is 107 Å². The highest BCUT2D eigenvalue weighted by Crippen LogP contribution is 2.32. The van der Waals surface area contributed by atoms with Crippen molar-refractivity contribution in [3.05, 3.63) is 35.6 Å². The zero-order valence-electron chi connectivity index (χ0n) is 22.7. The van der Waals surface area contributed by atoms with Gasteiger partial charge < -0.3 is 4.90 Å². The highest BCUT2D eigenvalue weighted by Gasteiger charge is 2.46. The molecule has 2 saturated heterocycles. The molecule has 37 heavy (non-hydrogen) atoms. The molecule has 1 aromatic carbocycles. The second kappa shape index (κ2) is 15.3. The van der Waals surface area contributed by atoms with Crippen molar-refractivity contribution < 1.29 is 18.8 Å². The Morgan fingerprint density at radius 3 is 2.16 bits per heavy atom. The molecule has 0 saturated carbocycles. The van der Waals surface area contributed by atoms with Gasteiger partial charge in [-0.15, -0.1) is 0 Å². The van der Waals surface area contributed by atoms with E-state index in [1.54, 1.807) is 0 Å². The van der Waals surface area contributed by atoms with Crippen LogP contribution in [0.25, 0.3) is 0 Å². The number of nitrogens with one attached hydrogen (secondary N) is 1. The van der Waals surface area contributed by atoms with Gasteiger partial charge in [0.2, 0.25) is 11.8 Å². The Labute approximate surface area is 222 Å². The number of piperidine rings is 2. The van der Waals surface area contributed by atoms with Crippen LogP contribution in [0, 0.1) is 5.82 Å². The third kappa shape index (κ3) is 8.99. The fourth-order valence-corrected chi connectivity index (χ4v) is 5.77. The number of Topliss-reactive ketones (excluding diaryl/α,β-unsaturated/α-hetero) is 1. The Balaban J connectivity index is 1.48. The van der Waals surface area contributed by atoms with Gasteiger partial charge in [-0.25, -0.2) is 4.39 Å². The fraction of sp³-hybridized carbons (Fsp3) is 0.700. The summed E-state index contributed by atoms with van der Waals surface area (Å²) < 4.78 is 13.1. The van der Waals surface area contributed by atoms with Crippen molar-refractivity contribution in [1.82, 2.24) is 15.1 Å². The van der Waals surface area contributed by atoms with Crippen LogP contribution in [0.4, 0.5) is 4.39 Å². The molecule has 1 aromatic rings. The molecule has 0 spiro atoms. The molecule has 0 radical (unpaired) electrons. The lowest BCUT2D eigenvalue weighted by atomic mass is 9.83. The molecule has 0 unspecified atom stereocenters. The number of amides is 2. The average molecular weight is 516 g/mol. The normalized spacial score (nSPS) is 18.4. The number of benzene rings is 1. The molecule has 2 heterocycles. The molecule has 6 nitrogen and oxygen atoms in total. The van der Waals surface area contributed by atoms with Crippen LogP contribution >= 0.6 is 0 Å². The van der Waals surface area contributed by atoms with Crippen LogP contribution in [0.3, 0.4) is 0 Å². The van der Waals surface area contributed by atoms with Gasteiger partial charge >= 0.3 is 0 Å². The first kappa shape index (κ1) is 29.4. The summed E-state index contributed by atoms with van der Waals surface area (Å²) in [5.74, 6) is -0.562. The van der Waals surface area contributed by atoms with E-state index in [1.807, 2.05) is 0 Å². The molecule has 1 N–H and O–H groups in total. The van der Waals surface area contributed by atoms with E-state index >= 15 is 0 Å². The maximum atomic E-state index is 13.5. The molecule has 2 aliphatic rings. The quantitative estimate of drug-likeness (QED) is 0.262. The van der Waals surface area contributed by atoms with Gasteiger partial charge in [-0.1, -0.05) is 45.4 Å². The zero-order valence-corrected chi connectivity index (χ0v) is 22.7. The molecule has 206 valence electrons. The number of carbonyl (C=O) groups excluding carboxylic acids is 3. The Bertz CT molecular complexity index is 859. The smallest absolute Gasteiger partial charge is 0.247 e. The molecular formula is C30H46FN3O3. The first-order valence-corrected chi connectivity index (χ1v) is 14.5. The van der Waals surface area contributed by atoms with Crippen molar-refractivity contribution in [3.8, 4) is 0 Å². The molecule has 0 aromatic heterocycles. The fourth-order valence-electron chi connectivity index (χ4n) is 5.77. The molecular weight excluding hydrogens is 469 g/mol. The predicted octanol–water partition coefficient (Wildman–Crippen LogP) is 5.50. The lowest BCUT2D eigenvalue weighted by molar-refractivity contribution is -0.142. The first-order valence-electron chi connectivity index (χ1n) is 14.5. The number of ketones is 1. The largest absolute Gasteiger partial charge is 0.303 e. The summed E-state index contributed by atoms with van der Waals surface area (Å²) in [6, 6.07) is 5.72. The molecule has 0 atom stereocenters. The van der Waals surface area contributed by atoms with Crippen molar-refractivity contribution in [2.45, 2.75) is 102 Å². The van der Waals surface area contributed by atoms with Crippen LogP contribution in [-0.2, 0) is 9.59 Å². The molecule has 2 aliphatic heterocycles. The van der Waals surface area contributed by atoms with Gasteiger partial charge in [-0.2, -0.15) is 0 Å². The monoisotopic (exact) mass is 515 g/mol. The number of carbonyl (C=O) groups is 3. The van der Waals surface area contributed by atoms with Crippen molar-refractivity contribution in [1.29, 1.82) is 0 Å². The third-order valence-electron chi connectivity index (χ3n) is 8.12. The van der Waals surface area contributed by atoms with E-state index < -0.39 is 5.54 Å². The van der Waals surface area contributed by atoms with Gasteiger partial charge in [-0.3, -0.25) is 24.6 Å². The number of rotatable bonds is 14. The second-order valence-electron chi connectivity index (χ2n) is 10.8. The number of nitrogens with zero attached hydrogens (tertiary/aromatic N) is 2. The van der Waals surface area contributed by atoms with E-state index in [-0.39, 0.29) is 23.4 Å². The lowest BCUT2D eigenvalue weighted by Gasteiger charge is -2.48. The van der Waals surface area contributed by atoms with Crippen molar-refractivity contribution in [2.24, 2.45) is 0 Å². The molecule has 2 amide bonds. The summed E-state index contributed by atoms with van der Waals surface area (Å²) in [4.78, 5) is 43.2. The van der Waals surface area contributed by atoms with Gasteiger partial charge in [0.1, 0.15) is 11.4 Å². The molecule has 0 bridgehead atoms. The van der Waals surface area contributed by atoms with Crippen LogP contribution < -0.4 is 5.32 Å². The maximum absolute atomic E-state index is 13.5. The Morgan fingerprint density at radius 1 is 0.838 bits per heavy atom. The summed E-state index contributed by atoms with van der Waals surface area (Å²) in [7, 11) is 0. The Hall–Kier alpha value is -2.12. The number of likely N-dealkylation sites (tertiary alicyclic amines) is 2. The van der Waals surface area contributed by atoms with Crippen LogP contribution in [0.5, 0.6) is 0 Å². The Morgan fingerprint density at radius 2 is 1.49 bits per heavy atom. The summed E-state index contributed by atoms with van der Waals surface area (Å²) >= 11 is 0. The van der Waals surface area contributed by atoms with E-state index in [4.69, 9.17) is 0 Å². The van der Waals surface area contributed by atoms with Gasteiger partial charge in [-0.05, 0) is 82.4 Å². The summed E-state index contributed by atoms with van der Waals surface area (Å²) in [5, 5.41) is 2.78. The van der Waals surface area contributed by atoms with Crippen molar-refractivity contribution >= 4 is 17.6 Å². The van der Waals surface area contributed by atoms with Gasteiger partial charge in [0.15, 0.2) is 5.78 Å². The molecule has 3 rings (SSSR count). The number of hydrogen-bond acceptors (Lipinski definition) is 5. The SMILES string of the molecule is CCCCCCCCC(=O)NC(=O)C1(N2CCCCC2)CCN(CCCC(=O)c2ccc(F)cc2)CC1. The summed E-state index contributed by atoms with van der Waals surface area (Å²) in [6.45, 7) is 6.36. The van der Waals surface area contributed by atoms with Gasteiger partial charge in [0, 0.05) is 31.5 Å². The topological polar surface area (TPSA) is 69.7 Å². The highest BCUT2D eigenvalue weighted by molar-refractivity contribution is 6.00. The first-order chi connectivity index (χ1) is 17.9. The average Bonchev–Trinajstić information content (AvgIpc) is 2.92. The maximum Gasteiger partial charge on any atom is 0.247 e. The number of halogens is 1. The predicted molar refractivity (Wildman–Crippen MR) is 145 cm³/mol. The summed E-state index contributed by atoms with van der Waals surface area (Å²) in [5.41, 5.74) is -0.0658. The number of hydrogen-bond donors (Lipinski definition) is 1. The van der Waals surface area contributed by atoms with Crippen molar-refractivity contribution in [2.75, 3.05) is 32.7 Å². The van der Waals surface area contributed by atoms with E-state index in [0.717, 1.165) is 71.2 Å². The van der Waals surface area contributed by atoms with E-state index in [9.17, 15) is 18.8 Å². The third-order valence-corrected chi connectivity index (χ3v) is 8.12. The minimum absolute atomic E-state index is 0.0305. The standard InChI is InChI=1S/C30H46FN3O3/c1-2-3-4-5-6-8-13-28(36)32-29(37)30(34-21-9-7-10-22-34)18-23-33(24-19-30)20-11-12-27(35)25-14-16-26(31)17-15-25/h14-17H,2-13,18-24H2,1H3,(H,32,36,37). The van der Waals surface area contributed by atoms with Gasteiger partial charge in [0.25, 0.3) is 0 Å². The summed E-state index contributed by atoms with van der Waals surface area (Å²) in [6.07, 6.45) is 13.1. The van der Waals surface area contributed by atoms with Gasteiger partial charge in [0.05, 0.1) is 0 Å². The minimum Gasteiger partial charge on any atom is -0.303 e. The van der Waals surface area contributed by atoms with E-state index in [0.29, 0.717) is 31.2 Å². The van der Waals surface area contributed by atoms with E-state index in [2.05, 4.69) is 22.0 Å². The molecule has 2 fully saturated rings. The highest BCUT2D eigenvalue weighted by atomic mass is 19.1. The van der Waals surface area contributed by atoms with Crippen LogP contribution in [-0.4, -0.2) is 65.7 Å². The lowest BCUT2D eigenvalue weighted by Crippen LogP contribution is -2.64.